The zero-order valence-corrected chi connectivity index (χ0v) is 12.8. The third kappa shape index (κ3) is 2.43. The predicted octanol–water partition coefficient (Wildman–Crippen LogP) is 2.05. The smallest absolute Gasteiger partial charge is 0.257 e. The molecule has 1 saturated carbocycles. The molecule has 1 aromatic rings. The van der Waals surface area contributed by atoms with Crippen LogP contribution >= 0.6 is 15.9 Å². The molecule has 2 aliphatic rings. The second-order valence-corrected chi connectivity index (χ2v) is 6.05. The van der Waals surface area contributed by atoms with Gasteiger partial charge in [-0.2, -0.15) is 0 Å². The van der Waals surface area contributed by atoms with Gasteiger partial charge in [0.1, 0.15) is 0 Å². The van der Waals surface area contributed by atoms with Crippen LogP contribution in [0.5, 0.6) is 0 Å². The first-order valence-electron chi connectivity index (χ1n) is 6.69. The number of methoxy groups -OCH3 is 1. The predicted molar refractivity (Wildman–Crippen MR) is 80.0 cm³/mol. The fraction of sp³-hybridized carbons (Fsp3) is 0.500. The van der Waals surface area contributed by atoms with Crippen LogP contribution in [0, 0.1) is 0 Å². The van der Waals surface area contributed by atoms with Crippen LogP contribution in [0.1, 0.15) is 24.5 Å². The zero-order chi connectivity index (χ0) is 14.3. The van der Waals surface area contributed by atoms with E-state index in [9.17, 15) is 9.90 Å². The first-order chi connectivity index (χ1) is 9.61. The van der Waals surface area contributed by atoms with Gasteiger partial charge in [0.2, 0.25) is 0 Å². The Kier molecular flexibility index (Phi) is 3.70. The van der Waals surface area contributed by atoms with Crippen molar-refractivity contribution in [3.63, 3.8) is 0 Å². The lowest BCUT2D eigenvalue weighted by atomic mass is 10.1. The number of halogens is 1. The molecular formula is C14H17BrN2O3. The van der Waals surface area contributed by atoms with Crippen LogP contribution in [0.25, 0.3) is 0 Å². The highest BCUT2D eigenvalue weighted by Crippen LogP contribution is 2.42. The minimum Gasteiger partial charge on any atom is -0.383 e. The van der Waals surface area contributed by atoms with Gasteiger partial charge in [-0.25, -0.2) is 0 Å². The molecule has 1 aromatic carbocycles. The van der Waals surface area contributed by atoms with E-state index < -0.39 is 6.10 Å². The number of benzene rings is 1. The Balaban J connectivity index is 1.93. The standard InChI is InChI=1S/C14H17BrN2O3/c1-20-5-4-17(8-2-3-8)12-7-11-9(6-10(12)15)13(18)14(19)16-11/h6-8,13,18H,2-5H2,1H3,(H,16,19). The lowest BCUT2D eigenvalue weighted by Crippen LogP contribution is -2.29. The van der Waals surface area contributed by atoms with Gasteiger partial charge in [-0.1, -0.05) is 0 Å². The molecule has 1 aliphatic carbocycles. The molecule has 108 valence electrons. The van der Waals surface area contributed by atoms with Crippen LogP contribution in [0.4, 0.5) is 11.4 Å². The summed E-state index contributed by atoms with van der Waals surface area (Å²) in [6.45, 7) is 1.48. The zero-order valence-electron chi connectivity index (χ0n) is 11.2. The lowest BCUT2D eigenvalue weighted by molar-refractivity contribution is -0.123. The van der Waals surface area contributed by atoms with Crippen LogP contribution in [0.3, 0.4) is 0 Å². The second kappa shape index (κ2) is 5.35. The number of hydrogen-bond acceptors (Lipinski definition) is 4. The molecule has 1 heterocycles. The molecular weight excluding hydrogens is 324 g/mol. The van der Waals surface area contributed by atoms with Crippen molar-refractivity contribution in [2.75, 3.05) is 30.5 Å². The Labute approximate surface area is 126 Å². The molecule has 2 N–H and O–H groups in total. The van der Waals surface area contributed by atoms with Crippen molar-refractivity contribution in [2.45, 2.75) is 25.0 Å². The van der Waals surface area contributed by atoms with E-state index in [1.807, 2.05) is 12.1 Å². The van der Waals surface area contributed by atoms with Crippen LogP contribution in [-0.2, 0) is 9.53 Å². The summed E-state index contributed by atoms with van der Waals surface area (Å²) in [4.78, 5) is 13.8. The lowest BCUT2D eigenvalue weighted by Gasteiger charge is -2.26. The van der Waals surface area contributed by atoms with E-state index in [1.165, 1.54) is 12.8 Å². The van der Waals surface area contributed by atoms with Crippen LogP contribution < -0.4 is 10.2 Å². The molecule has 1 amide bonds. The van der Waals surface area contributed by atoms with Gasteiger partial charge in [0.25, 0.3) is 5.91 Å². The van der Waals surface area contributed by atoms with Crippen LogP contribution in [-0.4, -0.2) is 37.3 Å². The molecule has 3 rings (SSSR count). The average molecular weight is 341 g/mol. The van der Waals surface area contributed by atoms with Gasteiger partial charge in [0, 0.05) is 35.4 Å². The van der Waals surface area contributed by atoms with Crippen molar-refractivity contribution in [2.24, 2.45) is 0 Å². The van der Waals surface area contributed by atoms with E-state index in [4.69, 9.17) is 4.74 Å². The quantitative estimate of drug-likeness (QED) is 0.861. The molecule has 0 spiro atoms. The average Bonchev–Trinajstić information content (AvgIpc) is 3.21. The highest BCUT2D eigenvalue weighted by atomic mass is 79.9. The molecule has 1 unspecified atom stereocenters. The minimum atomic E-state index is -1.07. The molecule has 0 aromatic heterocycles. The summed E-state index contributed by atoms with van der Waals surface area (Å²) in [6, 6.07) is 4.30. The monoisotopic (exact) mass is 340 g/mol. The molecule has 0 bridgehead atoms. The summed E-state index contributed by atoms with van der Waals surface area (Å²) >= 11 is 3.55. The summed E-state index contributed by atoms with van der Waals surface area (Å²) in [7, 11) is 1.69. The van der Waals surface area contributed by atoms with Crippen molar-refractivity contribution in [3.8, 4) is 0 Å². The van der Waals surface area contributed by atoms with Crippen molar-refractivity contribution in [1.29, 1.82) is 0 Å². The summed E-state index contributed by atoms with van der Waals surface area (Å²) in [5, 5.41) is 12.5. The SMILES string of the molecule is COCCN(c1cc2c(cc1Br)C(O)C(=O)N2)C1CC1. The number of fused-ring (bicyclic) bond motifs is 1. The van der Waals surface area contributed by atoms with Gasteiger partial charge in [-0.15, -0.1) is 0 Å². The number of nitrogens with zero attached hydrogens (tertiary/aromatic N) is 1. The number of aliphatic hydroxyl groups is 1. The Hall–Kier alpha value is -1.11. The maximum atomic E-state index is 11.5. The third-order valence-electron chi connectivity index (χ3n) is 3.75. The van der Waals surface area contributed by atoms with Crippen LogP contribution in [0.2, 0.25) is 0 Å². The number of aliphatic hydroxyl groups excluding tert-OH is 1. The maximum absolute atomic E-state index is 11.5. The Morgan fingerprint density at radius 1 is 1.50 bits per heavy atom. The van der Waals surface area contributed by atoms with E-state index in [2.05, 4.69) is 26.1 Å². The first kappa shape index (κ1) is 13.9. The highest BCUT2D eigenvalue weighted by Gasteiger charge is 2.33. The summed E-state index contributed by atoms with van der Waals surface area (Å²) < 4.78 is 6.07. The normalized spacial score (nSPS) is 20.8. The minimum absolute atomic E-state index is 0.362. The van der Waals surface area contributed by atoms with E-state index >= 15 is 0 Å². The fourth-order valence-electron chi connectivity index (χ4n) is 2.55. The molecule has 1 fully saturated rings. The number of anilines is 2. The number of hydrogen-bond donors (Lipinski definition) is 2. The van der Waals surface area contributed by atoms with E-state index in [1.54, 1.807) is 7.11 Å². The van der Waals surface area contributed by atoms with Crippen molar-refractivity contribution < 1.29 is 14.6 Å². The molecule has 0 saturated heterocycles. The number of rotatable bonds is 5. The van der Waals surface area contributed by atoms with Crippen molar-refractivity contribution in [3.05, 3.63) is 22.2 Å². The van der Waals surface area contributed by atoms with Gasteiger partial charge in [0.15, 0.2) is 6.10 Å². The summed E-state index contributed by atoms with van der Waals surface area (Å²) in [5.41, 5.74) is 2.37. The Morgan fingerprint density at radius 2 is 2.25 bits per heavy atom. The third-order valence-corrected chi connectivity index (χ3v) is 4.39. The van der Waals surface area contributed by atoms with Crippen molar-refractivity contribution >= 4 is 33.2 Å². The Morgan fingerprint density at radius 3 is 2.90 bits per heavy atom. The van der Waals surface area contributed by atoms with Crippen LogP contribution in [0.15, 0.2) is 16.6 Å². The molecule has 0 radical (unpaired) electrons. The number of ether oxygens (including phenoxy) is 1. The molecule has 1 atom stereocenters. The number of carbonyl (C=O) groups excluding carboxylic acids is 1. The van der Waals surface area contributed by atoms with E-state index in [0.717, 1.165) is 16.7 Å². The highest BCUT2D eigenvalue weighted by molar-refractivity contribution is 9.10. The number of nitrogens with one attached hydrogen (secondary N) is 1. The largest absolute Gasteiger partial charge is 0.383 e. The van der Waals surface area contributed by atoms with Gasteiger partial charge in [-0.05, 0) is 40.9 Å². The molecule has 1 aliphatic heterocycles. The van der Waals surface area contributed by atoms with Gasteiger partial charge < -0.3 is 20.1 Å². The van der Waals surface area contributed by atoms with Gasteiger partial charge in [0.05, 0.1) is 12.3 Å². The van der Waals surface area contributed by atoms with Gasteiger partial charge >= 0.3 is 0 Å². The maximum Gasteiger partial charge on any atom is 0.257 e. The molecule has 20 heavy (non-hydrogen) atoms. The molecule has 5 nitrogen and oxygen atoms in total. The van der Waals surface area contributed by atoms with Crippen molar-refractivity contribution in [1.82, 2.24) is 0 Å². The first-order valence-corrected chi connectivity index (χ1v) is 7.49. The van der Waals surface area contributed by atoms with E-state index in [-0.39, 0.29) is 5.91 Å². The second-order valence-electron chi connectivity index (χ2n) is 5.20. The van der Waals surface area contributed by atoms with Gasteiger partial charge in [-0.3, -0.25) is 4.79 Å². The number of carbonyl (C=O) groups is 1. The topological polar surface area (TPSA) is 61.8 Å². The number of amides is 1. The Bertz CT molecular complexity index is 545. The fourth-order valence-corrected chi connectivity index (χ4v) is 3.14. The summed E-state index contributed by atoms with van der Waals surface area (Å²) in [6.07, 6.45) is 1.30. The summed E-state index contributed by atoms with van der Waals surface area (Å²) in [5.74, 6) is -0.362. The van der Waals surface area contributed by atoms with E-state index in [0.29, 0.717) is 23.9 Å². The molecule has 6 heteroatoms.